The van der Waals surface area contributed by atoms with Crippen molar-refractivity contribution in [2.75, 3.05) is 13.8 Å². The summed E-state index contributed by atoms with van der Waals surface area (Å²) in [5, 5.41) is 7.32. The van der Waals surface area contributed by atoms with Crippen LogP contribution in [0.5, 0.6) is 11.5 Å². The number of nitrogens with zero attached hydrogens (tertiary/aromatic N) is 6. The smallest absolute Gasteiger partial charge is 0.257 e. The maximum atomic E-state index is 13.0. The number of hydrogen-bond acceptors (Lipinski definition) is 8. The lowest BCUT2D eigenvalue weighted by molar-refractivity contribution is 0.0783. The first-order valence-corrected chi connectivity index (χ1v) is 10.8. The number of thiazole rings is 1. The van der Waals surface area contributed by atoms with E-state index in [2.05, 4.69) is 20.1 Å². The highest BCUT2D eigenvalue weighted by Crippen LogP contribution is 2.35. The van der Waals surface area contributed by atoms with Crippen LogP contribution >= 0.6 is 11.3 Å². The third-order valence-corrected chi connectivity index (χ3v) is 5.98. The van der Waals surface area contributed by atoms with E-state index in [1.165, 1.54) is 0 Å². The van der Waals surface area contributed by atoms with Crippen LogP contribution in [0.1, 0.15) is 26.8 Å². The molecule has 32 heavy (non-hydrogen) atoms. The number of aromatic nitrogens is 5. The minimum atomic E-state index is -0.133. The van der Waals surface area contributed by atoms with Gasteiger partial charge in [0.15, 0.2) is 11.5 Å². The molecule has 1 aromatic carbocycles. The van der Waals surface area contributed by atoms with Gasteiger partial charge in [-0.2, -0.15) is 5.10 Å². The third kappa shape index (κ3) is 3.69. The van der Waals surface area contributed by atoms with Gasteiger partial charge in [0.2, 0.25) is 6.79 Å². The summed E-state index contributed by atoms with van der Waals surface area (Å²) in [6.07, 6.45) is 3.22. The fourth-order valence-electron chi connectivity index (χ4n) is 3.49. The van der Waals surface area contributed by atoms with Gasteiger partial charge in [0.05, 0.1) is 40.4 Å². The van der Waals surface area contributed by atoms with E-state index in [0.29, 0.717) is 40.9 Å². The van der Waals surface area contributed by atoms with Crippen LogP contribution in [0.25, 0.3) is 17.2 Å². The van der Waals surface area contributed by atoms with Gasteiger partial charge in [-0.3, -0.25) is 4.79 Å². The topological polar surface area (TPSA) is 95.3 Å². The first-order valence-electron chi connectivity index (χ1n) is 9.94. The zero-order chi connectivity index (χ0) is 22.2. The fraction of sp³-hybridized carbons (Fsp3) is 0.227. The second-order valence-corrected chi connectivity index (χ2v) is 8.45. The molecule has 0 N–H and O–H groups in total. The van der Waals surface area contributed by atoms with Gasteiger partial charge in [-0.05, 0) is 38.1 Å². The molecule has 10 heteroatoms. The molecule has 0 saturated carbocycles. The average Bonchev–Trinajstić information content (AvgIpc) is 3.52. The lowest BCUT2D eigenvalue weighted by Gasteiger charge is -2.15. The quantitative estimate of drug-likeness (QED) is 0.462. The molecule has 4 aromatic rings. The Hall–Kier alpha value is -3.79. The van der Waals surface area contributed by atoms with E-state index in [9.17, 15) is 4.79 Å². The molecule has 0 spiro atoms. The Kier molecular flexibility index (Phi) is 5.06. The first-order chi connectivity index (χ1) is 15.5. The maximum absolute atomic E-state index is 13.0. The summed E-state index contributed by atoms with van der Waals surface area (Å²) in [4.78, 5) is 28.1. The molecule has 0 unspecified atom stereocenters. The molecule has 0 aliphatic carbocycles. The Morgan fingerprint density at radius 1 is 1.19 bits per heavy atom. The van der Waals surface area contributed by atoms with Gasteiger partial charge in [-0.15, -0.1) is 11.3 Å². The van der Waals surface area contributed by atoms with Crippen LogP contribution in [0.4, 0.5) is 0 Å². The largest absolute Gasteiger partial charge is 0.454 e. The number of amides is 1. The molecular formula is C22H20N6O3S. The van der Waals surface area contributed by atoms with E-state index in [1.807, 2.05) is 43.5 Å². The van der Waals surface area contributed by atoms with Gasteiger partial charge in [-0.25, -0.2) is 19.6 Å². The van der Waals surface area contributed by atoms with Gasteiger partial charge in [-0.1, -0.05) is 0 Å². The van der Waals surface area contributed by atoms with Crippen LogP contribution in [0.3, 0.4) is 0 Å². The summed E-state index contributed by atoms with van der Waals surface area (Å²) in [5.41, 5.74) is 3.62. The molecule has 5 rings (SSSR count). The SMILES string of the molecule is Cc1nc(CN(C)C(=O)c2cnn(-c3nccc(-c4ccc5c(c4)OCO5)n3)c2C)cs1. The molecule has 1 aliphatic heterocycles. The number of fused-ring (bicyclic) bond motifs is 1. The molecule has 0 atom stereocenters. The highest BCUT2D eigenvalue weighted by Gasteiger charge is 2.21. The minimum absolute atomic E-state index is 0.133. The van der Waals surface area contributed by atoms with E-state index in [4.69, 9.17) is 9.47 Å². The number of rotatable bonds is 5. The van der Waals surface area contributed by atoms with E-state index >= 15 is 0 Å². The highest BCUT2D eigenvalue weighted by molar-refractivity contribution is 7.09. The van der Waals surface area contributed by atoms with E-state index in [-0.39, 0.29) is 12.7 Å². The summed E-state index contributed by atoms with van der Waals surface area (Å²) < 4.78 is 12.4. The summed E-state index contributed by atoms with van der Waals surface area (Å²) in [6, 6.07) is 7.47. The number of carbonyl (C=O) groups is 1. The Bertz CT molecular complexity index is 1310. The molecule has 3 aromatic heterocycles. The molecule has 0 fully saturated rings. The van der Waals surface area contributed by atoms with E-state index < -0.39 is 0 Å². The van der Waals surface area contributed by atoms with Crippen molar-refractivity contribution in [1.29, 1.82) is 0 Å². The Labute approximate surface area is 188 Å². The molecular weight excluding hydrogens is 428 g/mol. The monoisotopic (exact) mass is 448 g/mol. The Morgan fingerprint density at radius 3 is 2.84 bits per heavy atom. The first kappa shape index (κ1) is 20.1. The maximum Gasteiger partial charge on any atom is 0.257 e. The fourth-order valence-corrected chi connectivity index (χ4v) is 4.09. The number of aryl methyl sites for hydroxylation is 1. The van der Waals surface area contributed by atoms with E-state index in [0.717, 1.165) is 16.3 Å². The molecule has 4 heterocycles. The Morgan fingerprint density at radius 2 is 2.03 bits per heavy atom. The number of benzene rings is 1. The summed E-state index contributed by atoms with van der Waals surface area (Å²) >= 11 is 1.57. The normalized spacial score (nSPS) is 12.2. The second kappa shape index (κ2) is 8.04. The molecule has 0 saturated heterocycles. The van der Waals surface area contributed by atoms with Crippen LogP contribution in [-0.2, 0) is 6.54 Å². The van der Waals surface area contributed by atoms with Crippen molar-refractivity contribution in [3.05, 3.63) is 64.0 Å². The van der Waals surface area contributed by atoms with Crippen LogP contribution in [-0.4, -0.2) is 49.4 Å². The van der Waals surface area contributed by atoms with Crippen LogP contribution < -0.4 is 9.47 Å². The van der Waals surface area contributed by atoms with Gasteiger partial charge in [0.1, 0.15) is 0 Å². The molecule has 1 aliphatic rings. The molecule has 9 nitrogen and oxygen atoms in total. The molecule has 0 bridgehead atoms. The predicted molar refractivity (Wildman–Crippen MR) is 118 cm³/mol. The van der Waals surface area contributed by atoms with Gasteiger partial charge in [0.25, 0.3) is 11.9 Å². The zero-order valence-electron chi connectivity index (χ0n) is 17.8. The lowest BCUT2D eigenvalue weighted by Crippen LogP contribution is -2.26. The molecule has 1 amide bonds. The number of hydrogen-bond donors (Lipinski definition) is 0. The van der Waals surface area contributed by atoms with E-state index in [1.54, 1.807) is 40.4 Å². The van der Waals surface area contributed by atoms with Gasteiger partial charge in [0, 0.05) is 24.2 Å². The van der Waals surface area contributed by atoms with Crippen molar-refractivity contribution < 1.29 is 14.3 Å². The van der Waals surface area contributed by atoms with Crippen LogP contribution in [0, 0.1) is 13.8 Å². The summed E-state index contributed by atoms with van der Waals surface area (Å²) in [7, 11) is 1.75. The lowest BCUT2D eigenvalue weighted by atomic mass is 10.1. The number of ether oxygens (including phenoxy) is 2. The van der Waals surface area contributed by atoms with Crippen molar-refractivity contribution in [3.63, 3.8) is 0 Å². The summed E-state index contributed by atoms with van der Waals surface area (Å²) in [6.45, 7) is 4.43. The van der Waals surface area contributed by atoms with Crippen molar-refractivity contribution in [2.24, 2.45) is 0 Å². The highest BCUT2D eigenvalue weighted by atomic mass is 32.1. The predicted octanol–water partition coefficient (Wildman–Crippen LogP) is 3.40. The standard InChI is InChI=1S/C22H20N6O3S/c1-13-17(21(29)27(3)10-16-11-32-14(2)25-16)9-24-28(13)22-23-7-6-18(26-22)15-4-5-19-20(8-15)31-12-30-19/h4-9,11H,10,12H2,1-3H3. The van der Waals surface area contributed by atoms with Crippen molar-refractivity contribution >= 4 is 17.2 Å². The minimum Gasteiger partial charge on any atom is -0.454 e. The van der Waals surface area contributed by atoms with Crippen LogP contribution in [0.2, 0.25) is 0 Å². The third-order valence-electron chi connectivity index (χ3n) is 5.15. The van der Waals surface area contributed by atoms with Crippen molar-refractivity contribution in [2.45, 2.75) is 20.4 Å². The van der Waals surface area contributed by atoms with Gasteiger partial charge < -0.3 is 14.4 Å². The van der Waals surface area contributed by atoms with Crippen molar-refractivity contribution in [1.82, 2.24) is 29.6 Å². The van der Waals surface area contributed by atoms with Crippen LogP contribution in [0.15, 0.2) is 42.0 Å². The second-order valence-electron chi connectivity index (χ2n) is 7.38. The van der Waals surface area contributed by atoms with Gasteiger partial charge >= 0.3 is 0 Å². The average molecular weight is 449 g/mol. The Balaban J connectivity index is 1.40. The molecule has 0 radical (unpaired) electrons. The van der Waals surface area contributed by atoms with Crippen molar-refractivity contribution in [3.8, 4) is 28.7 Å². The zero-order valence-corrected chi connectivity index (χ0v) is 18.6. The number of carbonyl (C=O) groups excluding carboxylic acids is 1. The summed E-state index contributed by atoms with van der Waals surface area (Å²) in [5.74, 6) is 1.65. The molecule has 162 valence electrons.